The Morgan fingerprint density at radius 2 is 1.89 bits per heavy atom. The second-order valence-electron chi connectivity index (χ2n) is 8.57. The molecule has 1 aliphatic heterocycles. The quantitative estimate of drug-likeness (QED) is 0.369. The van der Waals surface area contributed by atoms with E-state index in [4.69, 9.17) is 4.74 Å². The van der Waals surface area contributed by atoms with Crippen molar-refractivity contribution in [3.05, 3.63) is 79.1 Å². The van der Waals surface area contributed by atoms with Gasteiger partial charge < -0.3 is 15.0 Å². The molecule has 0 unspecified atom stereocenters. The summed E-state index contributed by atoms with van der Waals surface area (Å²) in [6.07, 6.45) is 2.64. The molecule has 2 N–H and O–H groups in total. The van der Waals surface area contributed by atoms with Gasteiger partial charge in [0.1, 0.15) is 17.7 Å². The maximum Gasteiger partial charge on any atom is 0.247 e. The number of amides is 1. The molecule has 1 aliphatic rings. The van der Waals surface area contributed by atoms with Crippen molar-refractivity contribution >= 4 is 32.5 Å². The Kier molecular flexibility index (Phi) is 6.53. The van der Waals surface area contributed by atoms with Gasteiger partial charge in [-0.2, -0.15) is 0 Å². The summed E-state index contributed by atoms with van der Waals surface area (Å²) in [6, 6.07) is 17.1. The lowest BCUT2D eigenvalue weighted by atomic mass is 10.1. The van der Waals surface area contributed by atoms with Gasteiger partial charge in [-0.1, -0.05) is 36.9 Å². The maximum atomic E-state index is 11.6. The lowest BCUT2D eigenvalue weighted by Gasteiger charge is -2.26. The van der Waals surface area contributed by atoms with Crippen LogP contribution in [0.1, 0.15) is 5.56 Å². The summed E-state index contributed by atoms with van der Waals surface area (Å²) < 4.78 is 29.3. The van der Waals surface area contributed by atoms with E-state index in [9.17, 15) is 13.2 Å². The summed E-state index contributed by atoms with van der Waals surface area (Å²) in [5.41, 5.74) is 4.21. The number of rotatable bonds is 7. The number of nitrogens with one attached hydrogen (secondary N) is 2. The molecule has 184 valence electrons. The molecule has 0 atom stereocenters. The van der Waals surface area contributed by atoms with Gasteiger partial charge in [0.25, 0.3) is 0 Å². The predicted molar refractivity (Wildman–Crippen MR) is 139 cm³/mol. The number of ether oxygens (including phenoxy) is 1. The Hall–Kier alpha value is -4.02. The third-order valence-electron chi connectivity index (χ3n) is 6.00. The van der Waals surface area contributed by atoms with Crippen LogP contribution in [0.15, 0.2) is 73.6 Å². The Balaban J connectivity index is 1.32. The van der Waals surface area contributed by atoms with Gasteiger partial charge in [-0.3, -0.25) is 9.69 Å². The molecule has 0 radical (unpaired) electrons. The second-order valence-corrected chi connectivity index (χ2v) is 10.9. The lowest BCUT2D eigenvalue weighted by molar-refractivity contribution is -0.111. The number of hydrogen-bond donors (Lipinski definition) is 2. The molecule has 3 heterocycles. The first-order valence-electron chi connectivity index (χ1n) is 11.5. The van der Waals surface area contributed by atoms with Gasteiger partial charge in [-0.25, -0.2) is 18.4 Å². The fraction of sp³-hybridized carbons (Fsp3) is 0.192. The monoisotopic (exact) mass is 503 g/mol. The van der Waals surface area contributed by atoms with Gasteiger partial charge >= 0.3 is 0 Å². The van der Waals surface area contributed by atoms with E-state index in [0.717, 1.165) is 28.8 Å². The largest absolute Gasteiger partial charge is 0.438 e. The highest BCUT2D eigenvalue weighted by atomic mass is 32.2. The molecule has 9 nitrogen and oxygen atoms in total. The van der Waals surface area contributed by atoms with E-state index in [-0.39, 0.29) is 17.4 Å². The summed E-state index contributed by atoms with van der Waals surface area (Å²) in [5.74, 6) is 1.06. The van der Waals surface area contributed by atoms with Crippen LogP contribution < -0.4 is 10.1 Å². The molecule has 2 aromatic heterocycles. The number of carbonyl (C=O) groups is 1. The molecule has 36 heavy (non-hydrogen) atoms. The van der Waals surface area contributed by atoms with Crippen molar-refractivity contribution in [3.8, 4) is 22.9 Å². The summed E-state index contributed by atoms with van der Waals surface area (Å²) in [6.45, 7) is 5.31. The van der Waals surface area contributed by atoms with Crippen LogP contribution in [0, 0.1) is 0 Å². The fourth-order valence-corrected chi connectivity index (χ4v) is 5.33. The van der Waals surface area contributed by atoms with E-state index in [1.807, 2.05) is 18.2 Å². The number of aromatic nitrogens is 3. The minimum Gasteiger partial charge on any atom is -0.438 e. The summed E-state index contributed by atoms with van der Waals surface area (Å²) in [5, 5.41) is 3.44. The molecule has 5 rings (SSSR count). The third-order valence-corrected chi connectivity index (χ3v) is 7.61. The van der Waals surface area contributed by atoms with Crippen molar-refractivity contribution in [2.45, 2.75) is 6.54 Å². The normalized spacial score (nSPS) is 15.4. The zero-order valence-corrected chi connectivity index (χ0v) is 20.3. The van der Waals surface area contributed by atoms with E-state index in [1.54, 1.807) is 24.3 Å². The van der Waals surface area contributed by atoms with E-state index < -0.39 is 9.84 Å². The van der Waals surface area contributed by atoms with Crippen LogP contribution in [0.5, 0.6) is 11.6 Å². The number of carbonyl (C=O) groups excluding carboxylic acids is 1. The van der Waals surface area contributed by atoms with Gasteiger partial charge in [0, 0.05) is 37.1 Å². The molecular weight excluding hydrogens is 478 g/mol. The van der Waals surface area contributed by atoms with Crippen molar-refractivity contribution in [1.82, 2.24) is 19.9 Å². The first-order valence-corrected chi connectivity index (χ1v) is 13.3. The maximum absolute atomic E-state index is 11.6. The number of anilines is 1. The van der Waals surface area contributed by atoms with Crippen molar-refractivity contribution in [3.63, 3.8) is 0 Å². The number of aromatic amines is 1. The molecular formula is C26H25N5O4S. The molecule has 0 bridgehead atoms. The molecule has 0 spiro atoms. The number of nitrogens with zero attached hydrogens (tertiary/aromatic N) is 3. The van der Waals surface area contributed by atoms with Crippen LogP contribution >= 0.6 is 0 Å². The van der Waals surface area contributed by atoms with Crippen LogP contribution in [0.3, 0.4) is 0 Å². The summed E-state index contributed by atoms with van der Waals surface area (Å²) in [4.78, 5) is 25.7. The van der Waals surface area contributed by atoms with E-state index >= 15 is 0 Å². The molecule has 1 saturated heterocycles. The summed E-state index contributed by atoms with van der Waals surface area (Å²) in [7, 11) is -2.88. The fourth-order valence-electron chi connectivity index (χ4n) is 4.05. The van der Waals surface area contributed by atoms with E-state index in [0.29, 0.717) is 36.1 Å². The molecule has 0 saturated carbocycles. The molecule has 1 amide bonds. The Bertz CT molecular complexity index is 1520. The van der Waals surface area contributed by atoms with Crippen LogP contribution in [0.25, 0.3) is 22.3 Å². The SMILES string of the molecule is C=CC(=O)Nc1cccc(Oc2ncnc3[nH]c(-c4ccc(CN5CCS(=O)(=O)CC5)cc4)cc23)c1. The molecule has 4 aromatic rings. The lowest BCUT2D eigenvalue weighted by Crippen LogP contribution is -2.39. The van der Waals surface area contributed by atoms with Crippen LogP contribution in [-0.4, -0.2) is 58.8 Å². The number of sulfone groups is 1. The van der Waals surface area contributed by atoms with Crippen molar-refractivity contribution in [2.75, 3.05) is 29.9 Å². The summed E-state index contributed by atoms with van der Waals surface area (Å²) >= 11 is 0. The van der Waals surface area contributed by atoms with Gasteiger partial charge in [-0.05, 0) is 35.4 Å². The minimum atomic E-state index is -2.88. The van der Waals surface area contributed by atoms with Gasteiger partial charge in [0.2, 0.25) is 11.8 Å². The zero-order valence-electron chi connectivity index (χ0n) is 19.5. The molecule has 1 fully saturated rings. The highest BCUT2D eigenvalue weighted by molar-refractivity contribution is 7.91. The van der Waals surface area contributed by atoms with Crippen LogP contribution in [-0.2, 0) is 21.2 Å². The highest BCUT2D eigenvalue weighted by Crippen LogP contribution is 2.31. The highest BCUT2D eigenvalue weighted by Gasteiger charge is 2.21. The number of H-pyrrole nitrogens is 1. The van der Waals surface area contributed by atoms with E-state index in [2.05, 4.69) is 43.9 Å². The smallest absolute Gasteiger partial charge is 0.247 e. The topological polar surface area (TPSA) is 117 Å². The van der Waals surface area contributed by atoms with Gasteiger partial charge in [-0.15, -0.1) is 0 Å². The van der Waals surface area contributed by atoms with Crippen LogP contribution in [0.2, 0.25) is 0 Å². The number of hydrogen-bond acceptors (Lipinski definition) is 7. The Morgan fingerprint density at radius 1 is 1.11 bits per heavy atom. The average molecular weight is 504 g/mol. The van der Waals surface area contributed by atoms with Gasteiger partial charge in [0.05, 0.1) is 16.9 Å². The number of benzene rings is 2. The molecule has 10 heteroatoms. The zero-order chi connectivity index (χ0) is 25.1. The molecule has 2 aromatic carbocycles. The van der Waals surface area contributed by atoms with E-state index in [1.165, 1.54) is 12.4 Å². The number of fused-ring (bicyclic) bond motifs is 1. The standard InChI is InChI=1S/C26H25N5O4S/c1-2-24(32)29-20-4-3-5-21(14-20)35-26-22-15-23(30-25(22)27-17-28-26)19-8-6-18(7-9-19)16-31-10-12-36(33,34)13-11-31/h2-9,14-15,17H,1,10-13,16H2,(H,29,32)(H,27,28,30). The average Bonchev–Trinajstić information content (AvgIpc) is 3.31. The molecule has 0 aliphatic carbocycles. The van der Waals surface area contributed by atoms with Crippen molar-refractivity contribution in [1.29, 1.82) is 0 Å². The Morgan fingerprint density at radius 3 is 2.64 bits per heavy atom. The van der Waals surface area contributed by atoms with Crippen molar-refractivity contribution in [2.24, 2.45) is 0 Å². The van der Waals surface area contributed by atoms with Crippen molar-refractivity contribution < 1.29 is 17.9 Å². The predicted octanol–water partition coefficient (Wildman–Crippen LogP) is 3.77. The second kappa shape index (κ2) is 9.92. The first kappa shape index (κ1) is 23.7. The Labute approximate surface area is 208 Å². The third kappa shape index (κ3) is 5.45. The minimum absolute atomic E-state index is 0.222. The first-order chi connectivity index (χ1) is 17.4. The van der Waals surface area contributed by atoms with Crippen LogP contribution in [0.4, 0.5) is 5.69 Å². The van der Waals surface area contributed by atoms with Gasteiger partial charge in [0.15, 0.2) is 9.84 Å².